The van der Waals surface area contributed by atoms with E-state index in [1.165, 1.54) is 0 Å². The number of hydrogen-bond acceptors (Lipinski definition) is 4. The largest absolute Gasteiger partial charge is 0.507 e. The zero-order chi connectivity index (χ0) is 17.8. The van der Waals surface area contributed by atoms with Gasteiger partial charge in [-0.15, -0.1) is 0 Å². The van der Waals surface area contributed by atoms with Crippen LogP contribution >= 0.6 is 0 Å². The summed E-state index contributed by atoms with van der Waals surface area (Å²) in [6, 6.07) is 3.44. The van der Waals surface area contributed by atoms with Crippen molar-refractivity contribution in [2.45, 2.75) is 57.0 Å². The summed E-state index contributed by atoms with van der Waals surface area (Å²) < 4.78 is 35.9. The number of hydrogen-bond donors (Lipinski definition) is 1. The number of phenols is 1. The Labute approximate surface area is 141 Å². The zero-order valence-electron chi connectivity index (χ0n) is 14.6. The summed E-state index contributed by atoms with van der Waals surface area (Å²) in [5.41, 5.74) is 1.24. The maximum atomic E-state index is 12.3. The van der Waals surface area contributed by atoms with Crippen LogP contribution in [0.25, 0.3) is 0 Å². The minimum atomic E-state index is -3.41. The van der Waals surface area contributed by atoms with Crippen molar-refractivity contribution in [3.05, 3.63) is 28.8 Å². The molecule has 130 valence electrons. The summed E-state index contributed by atoms with van der Waals surface area (Å²) in [6.07, 6.45) is 0. The Morgan fingerprint density at radius 1 is 1.04 bits per heavy atom. The monoisotopic (exact) mass is 358 g/mol. The van der Waals surface area contributed by atoms with E-state index in [0.717, 1.165) is 0 Å². The topological polar surface area (TPSA) is 71.4 Å². The van der Waals surface area contributed by atoms with Gasteiger partial charge in [0.2, 0.25) is 0 Å². The average molecular weight is 359 g/mol. The van der Waals surface area contributed by atoms with Gasteiger partial charge >= 0.3 is 0 Å². The minimum absolute atomic E-state index is 0.0408. The molecule has 2 atom stereocenters. The molecular formula is C17H26O4S2. The third-order valence-corrected chi connectivity index (χ3v) is 8.99. The molecule has 1 aromatic rings. The van der Waals surface area contributed by atoms with Gasteiger partial charge in [-0.1, -0.05) is 41.5 Å². The minimum Gasteiger partial charge on any atom is -0.507 e. The molecule has 2 unspecified atom stereocenters. The molecule has 0 radical (unpaired) electrons. The van der Waals surface area contributed by atoms with Gasteiger partial charge < -0.3 is 5.11 Å². The molecule has 1 fully saturated rings. The predicted molar refractivity (Wildman–Crippen MR) is 95.0 cm³/mol. The molecule has 1 heterocycles. The number of rotatable bonds is 1. The first kappa shape index (κ1) is 18.5. The molecule has 0 spiro atoms. The highest BCUT2D eigenvalue weighted by molar-refractivity contribution is 8.08. The molecule has 0 saturated carbocycles. The van der Waals surface area contributed by atoms with E-state index in [2.05, 4.69) is 0 Å². The molecular weight excluding hydrogens is 332 g/mol. The van der Waals surface area contributed by atoms with Gasteiger partial charge in [0, 0.05) is 16.6 Å². The Morgan fingerprint density at radius 3 is 1.78 bits per heavy atom. The van der Waals surface area contributed by atoms with Crippen molar-refractivity contribution in [1.82, 2.24) is 0 Å². The van der Waals surface area contributed by atoms with Crippen LogP contribution in [-0.4, -0.2) is 29.2 Å². The van der Waals surface area contributed by atoms with Crippen molar-refractivity contribution >= 4 is 20.6 Å². The van der Waals surface area contributed by atoms with E-state index in [-0.39, 0.29) is 28.1 Å². The Kier molecular flexibility index (Phi) is 4.48. The highest BCUT2D eigenvalue weighted by Crippen LogP contribution is 2.43. The van der Waals surface area contributed by atoms with Crippen LogP contribution in [0.4, 0.5) is 0 Å². The van der Waals surface area contributed by atoms with Crippen molar-refractivity contribution in [2.24, 2.45) is 0 Å². The van der Waals surface area contributed by atoms with E-state index >= 15 is 0 Å². The third kappa shape index (κ3) is 3.48. The number of aromatic hydroxyl groups is 1. The lowest BCUT2D eigenvalue weighted by molar-refractivity contribution is 0.422. The lowest BCUT2D eigenvalue weighted by Gasteiger charge is -2.29. The fraction of sp³-hybridized carbons (Fsp3) is 0.647. The van der Waals surface area contributed by atoms with Gasteiger partial charge in [0.05, 0.1) is 5.75 Å². The highest BCUT2D eigenvalue weighted by Gasteiger charge is 2.41. The molecule has 23 heavy (non-hydrogen) atoms. The van der Waals surface area contributed by atoms with Crippen LogP contribution in [0.15, 0.2) is 12.1 Å². The second kappa shape index (κ2) is 5.59. The molecule has 0 amide bonds. The Hall–Kier alpha value is -0.880. The van der Waals surface area contributed by atoms with Crippen LogP contribution in [0.5, 0.6) is 5.75 Å². The van der Waals surface area contributed by atoms with Gasteiger partial charge in [-0.05, 0) is 39.7 Å². The molecule has 1 N–H and O–H groups in total. The Bertz CT molecular complexity index is 715. The first-order chi connectivity index (χ1) is 10.2. The molecule has 2 rings (SSSR count). The van der Waals surface area contributed by atoms with E-state index < -0.39 is 25.2 Å². The Morgan fingerprint density at radius 2 is 1.48 bits per heavy atom. The highest BCUT2D eigenvalue weighted by atomic mass is 32.3. The SMILES string of the molecule is CC(C)(C)c1cc(C2S(=O)CCS2(=O)=O)cc(C(C)(C)C)c1O. The van der Waals surface area contributed by atoms with Crippen LogP contribution in [0.3, 0.4) is 0 Å². The fourth-order valence-corrected chi connectivity index (χ4v) is 7.76. The van der Waals surface area contributed by atoms with Gasteiger partial charge in [0.1, 0.15) is 5.75 Å². The lowest BCUT2D eigenvalue weighted by Crippen LogP contribution is -2.20. The Balaban J connectivity index is 2.78. The second-order valence-corrected chi connectivity index (χ2v) is 12.4. The summed E-state index contributed by atoms with van der Waals surface area (Å²) in [5, 5.41) is 10.7. The molecule has 1 aromatic carbocycles. The van der Waals surface area contributed by atoms with Gasteiger partial charge in [-0.2, -0.15) is 0 Å². The van der Waals surface area contributed by atoms with Gasteiger partial charge in [0.25, 0.3) is 0 Å². The molecule has 1 aliphatic rings. The smallest absolute Gasteiger partial charge is 0.170 e. The number of phenolic OH excluding ortho intramolecular Hbond substituents is 1. The molecule has 0 aromatic heterocycles. The molecule has 0 bridgehead atoms. The zero-order valence-corrected chi connectivity index (χ0v) is 16.3. The summed E-state index contributed by atoms with van der Waals surface area (Å²) in [7, 11) is -4.84. The van der Waals surface area contributed by atoms with Crippen LogP contribution in [0.2, 0.25) is 0 Å². The van der Waals surface area contributed by atoms with E-state index in [1.54, 1.807) is 12.1 Å². The third-order valence-electron chi connectivity index (χ3n) is 4.15. The second-order valence-electron chi connectivity index (χ2n) is 8.25. The number of sulfone groups is 1. The summed E-state index contributed by atoms with van der Waals surface area (Å²) >= 11 is 0. The van der Waals surface area contributed by atoms with Crippen molar-refractivity contribution < 1.29 is 17.7 Å². The van der Waals surface area contributed by atoms with E-state index in [4.69, 9.17) is 0 Å². The quantitative estimate of drug-likeness (QED) is 0.837. The molecule has 6 heteroatoms. The van der Waals surface area contributed by atoms with Crippen LogP contribution < -0.4 is 0 Å². The predicted octanol–water partition coefficient (Wildman–Crippen LogP) is 3.16. The average Bonchev–Trinajstić information content (AvgIpc) is 2.61. The van der Waals surface area contributed by atoms with Crippen molar-refractivity contribution in [1.29, 1.82) is 0 Å². The molecule has 0 aliphatic carbocycles. The normalized spacial score (nSPS) is 24.8. The fourth-order valence-electron chi connectivity index (χ4n) is 2.87. The standard InChI is InChI=1S/C17H26O4S2/c1-16(2,3)12-9-11(10-13(14(12)18)17(4,5)6)15-22(19)7-8-23(15,20)21/h9-10,15,18H,7-8H2,1-6H3. The summed E-state index contributed by atoms with van der Waals surface area (Å²) in [5.74, 6) is 0.347. The lowest BCUT2D eigenvalue weighted by atomic mass is 9.78. The molecule has 4 nitrogen and oxygen atoms in total. The van der Waals surface area contributed by atoms with Gasteiger partial charge in [0.15, 0.2) is 14.4 Å². The van der Waals surface area contributed by atoms with E-state index in [0.29, 0.717) is 16.7 Å². The molecule has 1 aliphatic heterocycles. The first-order valence-corrected chi connectivity index (χ1v) is 10.8. The molecule has 1 saturated heterocycles. The first-order valence-electron chi connectivity index (χ1n) is 7.72. The van der Waals surface area contributed by atoms with Crippen LogP contribution in [0.1, 0.15) is 62.8 Å². The maximum Gasteiger partial charge on any atom is 0.170 e. The number of benzene rings is 1. The van der Waals surface area contributed by atoms with Gasteiger partial charge in [-0.25, -0.2) is 8.42 Å². The van der Waals surface area contributed by atoms with Crippen LogP contribution in [0, 0.1) is 0 Å². The maximum absolute atomic E-state index is 12.3. The van der Waals surface area contributed by atoms with Crippen molar-refractivity contribution in [3.63, 3.8) is 0 Å². The van der Waals surface area contributed by atoms with Crippen molar-refractivity contribution in [3.8, 4) is 5.75 Å². The van der Waals surface area contributed by atoms with Crippen LogP contribution in [-0.2, 0) is 31.5 Å². The van der Waals surface area contributed by atoms with E-state index in [9.17, 15) is 17.7 Å². The van der Waals surface area contributed by atoms with Gasteiger partial charge in [-0.3, -0.25) is 4.21 Å². The summed E-state index contributed by atoms with van der Waals surface area (Å²) in [4.78, 5) is 0. The van der Waals surface area contributed by atoms with E-state index in [1.807, 2.05) is 41.5 Å². The van der Waals surface area contributed by atoms with Crippen molar-refractivity contribution in [2.75, 3.05) is 11.5 Å². The summed E-state index contributed by atoms with van der Waals surface area (Å²) in [6.45, 7) is 11.8.